The smallest absolute Gasteiger partial charge is 0.322 e. The summed E-state index contributed by atoms with van der Waals surface area (Å²) in [5, 5.41) is 2.88. The van der Waals surface area contributed by atoms with Crippen LogP contribution in [0.25, 0.3) is 0 Å². The SMILES string of the molecule is COCCOc1ccc(NC(=O)N2CCN(c3ccncc3)CC2)cn1. The lowest BCUT2D eigenvalue weighted by molar-refractivity contribution is 0.144. The van der Waals surface area contributed by atoms with E-state index in [-0.39, 0.29) is 6.03 Å². The van der Waals surface area contributed by atoms with Gasteiger partial charge >= 0.3 is 6.03 Å². The van der Waals surface area contributed by atoms with Crippen molar-refractivity contribution in [1.29, 1.82) is 0 Å². The summed E-state index contributed by atoms with van der Waals surface area (Å²) in [6.07, 6.45) is 5.15. The van der Waals surface area contributed by atoms with Gasteiger partial charge in [0.25, 0.3) is 0 Å². The van der Waals surface area contributed by atoms with Gasteiger partial charge in [0.15, 0.2) is 0 Å². The molecule has 1 N–H and O–H groups in total. The molecule has 8 nitrogen and oxygen atoms in total. The first-order chi connectivity index (χ1) is 12.8. The van der Waals surface area contributed by atoms with Gasteiger partial charge in [0.1, 0.15) is 6.61 Å². The van der Waals surface area contributed by atoms with Crippen molar-refractivity contribution in [2.24, 2.45) is 0 Å². The minimum Gasteiger partial charge on any atom is -0.475 e. The average Bonchev–Trinajstić information content (AvgIpc) is 2.70. The molecule has 2 aromatic heterocycles. The Balaban J connectivity index is 1.47. The number of urea groups is 1. The van der Waals surface area contributed by atoms with Gasteiger partial charge in [-0.15, -0.1) is 0 Å². The highest BCUT2D eigenvalue weighted by Gasteiger charge is 2.21. The molecule has 3 heterocycles. The fourth-order valence-corrected chi connectivity index (χ4v) is 2.69. The number of pyridine rings is 2. The lowest BCUT2D eigenvalue weighted by Gasteiger charge is -2.35. The molecule has 0 aromatic carbocycles. The lowest BCUT2D eigenvalue weighted by atomic mass is 10.3. The molecule has 0 bridgehead atoms. The fourth-order valence-electron chi connectivity index (χ4n) is 2.69. The quantitative estimate of drug-likeness (QED) is 0.795. The van der Waals surface area contributed by atoms with Crippen molar-refractivity contribution in [3.63, 3.8) is 0 Å². The number of aromatic nitrogens is 2. The van der Waals surface area contributed by atoms with Crippen LogP contribution < -0.4 is 15.0 Å². The summed E-state index contributed by atoms with van der Waals surface area (Å²) in [6, 6.07) is 7.36. The highest BCUT2D eigenvalue weighted by molar-refractivity contribution is 5.89. The van der Waals surface area contributed by atoms with Gasteiger partial charge in [-0.3, -0.25) is 4.98 Å². The maximum absolute atomic E-state index is 12.4. The Morgan fingerprint density at radius 3 is 2.54 bits per heavy atom. The van der Waals surface area contributed by atoms with E-state index in [1.807, 2.05) is 12.1 Å². The minimum atomic E-state index is -0.116. The second kappa shape index (κ2) is 9.00. The van der Waals surface area contributed by atoms with Crippen LogP contribution in [0.1, 0.15) is 0 Å². The molecular weight excluding hydrogens is 334 g/mol. The Morgan fingerprint density at radius 2 is 1.88 bits per heavy atom. The van der Waals surface area contributed by atoms with E-state index in [4.69, 9.17) is 9.47 Å². The second-order valence-corrected chi connectivity index (χ2v) is 5.84. The first-order valence-electron chi connectivity index (χ1n) is 8.55. The number of carbonyl (C=O) groups excluding carboxylic acids is 1. The first-order valence-corrected chi connectivity index (χ1v) is 8.55. The van der Waals surface area contributed by atoms with E-state index >= 15 is 0 Å². The van der Waals surface area contributed by atoms with E-state index in [0.29, 0.717) is 37.9 Å². The summed E-state index contributed by atoms with van der Waals surface area (Å²) in [5.74, 6) is 0.506. The predicted molar refractivity (Wildman–Crippen MR) is 98.6 cm³/mol. The van der Waals surface area contributed by atoms with Gasteiger partial charge in [-0.2, -0.15) is 0 Å². The number of ether oxygens (including phenoxy) is 2. The van der Waals surface area contributed by atoms with Crippen molar-refractivity contribution in [2.75, 3.05) is 56.7 Å². The van der Waals surface area contributed by atoms with E-state index < -0.39 is 0 Å². The van der Waals surface area contributed by atoms with Crippen LogP contribution in [0.15, 0.2) is 42.9 Å². The molecule has 26 heavy (non-hydrogen) atoms. The molecule has 1 aliphatic rings. The molecule has 0 unspecified atom stereocenters. The van der Waals surface area contributed by atoms with Crippen molar-refractivity contribution in [2.45, 2.75) is 0 Å². The number of nitrogens with one attached hydrogen (secondary N) is 1. The molecule has 138 valence electrons. The third-order valence-corrected chi connectivity index (χ3v) is 4.12. The third-order valence-electron chi connectivity index (χ3n) is 4.12. The van der Waals surface area contributed by atoms with Crippen LogP contribution in [-0.4, -0.2) is 67.4 Å². The van der Waals surface area contributed by atoms with Crippen LogP contribution >= 0.6 is 0 Å². The van der Waals surface area contributed by atoms with Crippen LogP contribution in [0.2, 0.25) is 0 Å². The van der Waals surface area contributed by atoms with Gasteiger partial charge in [0.2, 0.25) is 5.88 Å². The highest BCUT2D eigenvalue weighted by Crippen LogP contribution is 2.16. The molecule has 2 amide bonds. The summed E-state index contributed by atoms with van der Waals surface area (Å²) in [7, 11) is 1.62. The molecule has 2 aromatic rings. The van der Waals surface area contributed by atoms with Crippen molar-refractivity contribution in [3.05, 3.63) is 42.9 Å². The number of nitrogens with zero attached hydrogens (tertiary/aromatic N) is 4. The zero-order chi connectivity index (χ0) is 18.2. The topological polar surface area (TPSA) is 79.8 Å². The molecule has 0 saturated carbocycles. The second-order valence-electron chi connectivity index (χ2n) is 5.84. The van der Waals surface area contributed by atoms with Crippen LogP contribution in [0.5, 0.6) is 5.88 Å². The minimum absolute atomic E-state index is 0.116. The summed E-state index contributed by atoms with van der Waals surface area (Å²) < 4.78 is 10.3. The summed E-state index contributed by atoms with van der Waals surface area (Å²) in [5.41, 5.74) is 1.78. The number of hydrogen-bond acceptors (Lipinski definition) is 6. The summed E-state index contributed by atoms with van der Waals surface area (Å²) in [4.78, 5) is 24.7. The van der Waals surface area contributed by atoms with Gasteiger partial charge in [-0.05, 0) is 18.2 Å². The molecule has 1 saturated heterocycles. The van der Waals surface area contributed by atoms with Crippen LogP contribution in [-0.2, 0) is 4.74 Å². The number of piperazine rings is 1. The summed E-state index contributed by atoms with van der Waals surface area (Å²) >= 11 is 0. The maximum Gasteiger partial charge on any atom is 0.322 e. The van der Waals surface area contributed by atoms with Gasteiger partial charge in [-0.25, -0.2) is 9.78 Å². The Bertz CT molecular complexity index is 688. The lowest BCUT2D eigenvalue weighted by Crippen LogP contribution is -2.50. The molecule has 0 atom stereocenters. The fraction of sp³-hybridized carbons (Fsp3) is 0.389. The van der Waals surface area contributed by atoms with E-state index in [1.165, 1.54) is 0 Å². The normalized spacial score (nSPS) is 14.2. The molecule has 1 fully saturated rings. The van der Waals surface area contributed by atoms with Crippen LogP contribution in [0, 0.1) is 0 Å². The largest absolute Gasteiger partial charge is 0.475 e. The molecule has 8 heteroatoms. The van der Waals surface area contributed by atoms with Gasteiger partial charge in [-0.1, -0.05) is 0 Å². The van der Waals surface area contributed by atoms with Crippen LogP contribution in [0.4, 0.5) is 16.2 Å². The average molecular weight is 357 g/mol. The van der Waals surface area contributed by atoms with E-state index in [1.54, 1.807) is 42.7 Å². The predicted octanol–water partition coefficient (Wildman–Crippen LogP) is 1.86. The standard InChI is InChI=1S/C18H23N5O3/c1-25-12-13-26-17-3-2-15(14-20-17)21-18(24)23-10-8-22(9-11-23)16-4-6-19-7-5-16/h2-7,14H,8-13H2,1H3,(H,21,24). The van der Waals surface area contributed by atoms with Gasteiger partial charge in [0, 0.05) is 57.4 Å². The maximum atomic E-state index is 12.4. The number of anilines is 2. The van der Waals surface area contributed by atoms with E-state index in [0.717, 1.165) is 18.8 Å². The Labute approximate surface area is 152 Å². The van der Waals surface area contributed by atoms with Gasteiger partial charge < -0.3 is 24.6 Å². The third kappa shape index (κ3) is 4.82. The first kappa shape index (κ1) is 17.9. The van der Waals surface area contributed by atoms with Gasteiger partial charge in [0.05, 0.1) is 18.5 Å². The van der Waals surface area contributed by atoms with Crippen molar-refractivity contribution in [3.8, 4) is 5.88 Å². The highest BCUT2D eigenvalue weighted by atomic mass is 16.5. The molecular formula is C18H23N5O3. The van der Waals surface area contributed by atoms with E-state index in [2.05, 4.69) is 20.2 Å². The number of methoxy groups -OCH3 is 1. The van der Waals surface area contributed by atoms with Crippen LogP contribution in [0.3, 0.4) is 0 Å². The molecule has 3 rings (SSSR count). The molecule has 0 aliphatic carbocycles. The molecule has 0 spiro atoms. The van der Waals surface area contributed by atoms with Crippen molar-refractivity contribution < 1.29 is 14.3 Å². The zero-order valence-electron chi connectivity index (χ0n) is 14.8. The Morgan fingerprint density at radius 1 is 1.12 bits per heavy atom. The monoisotopic (exact) mass is 357 g/mol. The Kier molecular flexibility index (Phi) is 6.21. The number of carbonyl (C=O) groups is 1. The Hall–Kier alpha value is -2.87. The van der Waals surface area contributed by atoms with E-state index in [9.17, 15) is 4.79 Å². The summed E-state index contributed by atoms with van der Waals surface area (Å²) in [6.45, 7) is 3.87. The van der Waals surface area contributed by atoms with Crippen molar-refractivity contribution >= 4 is 17.4 Å². The number of amides is 2. The zero-order valence-corrected chi connectivity index (χ0v) is 14.8. The molecule has 0 radical (unpaired) electrons. The number of hydrogen-bond donors (Lipinski definition) is 1. The van der Waals surface area contributed by atoms with Crippen molar-refractivity contribution in [1.82, 2.24) is 14.9 Å². The number of rotatable bonds is 6. The molecule has 1 aliphatic heterocycles.